The van der Waals surface area contributed by atoms with Crippen molar-refractivity contribution >= 4 is 0 Å². The minimum Gasteiger partial charge on any atom is -0.328 e. The number of benzene rings is 1. The Balaban J connectivity index is 0.00000208. The van der Waals surface area contributed by atoms with Gasteiger partial charge in [-0.05, 0) is 66.9 Å². The van der Waals surface area contributed by atoms with Gasteiger partial charge >= 0.3 is 0 Å². The largest absolute Gasteiger partial charge is 0.328 e. The first-order valence-corrected chi connectivity index (χ1v) is 10.2. The van der Waals surface area contributed by atoms with E-state index < -0.39 is 0 Å². The van der Waals surface area contributed by atoms with Crippen molar-refractivity contribution in [3.8, 4) is 0 Å². The summed E-state index contributed by atoms with van der Waals surface area (Å²) in [7, 11) is 0. The molecule has 130 valence electrons. The van der Waals surface area contributed by atoms with Crippen LogP contribution >= 0.6 is 0 Å². The second kappa shape index (κ2) is 8.90. The van der Waals surface area contributed by atoms with Gasteiger partial charge in [-0.1, -0.05) is 57.4 Å². The van der Waals surface area contributed by atoms with E-state index in [2.05, 4.69) is 44.5 Å². The molecule has 0 bridgehead atoms. The van der Waals surface area contributed by atoms with Gasteiger partial charge in [-0.2, -0.15) is 12.8 Å². The Morgan fingerprint density at radius 1 is 0.917 bits per heavy atom. The van der Waals surface area contributed by atoms with Crippen LogP contribution in [-0.2, 0) is 6.42 Å². The van der Waals surface area contributed by atoms with Crippen molar-refractivity contribution in [3.05, 3.63) is 41.8 Å². The quantitative estimate of drug-likeness (QED) is 0.332. The van der Waals surface area contributed by atoms with Crippen molar-refractivity contribution in [2.45, 2.75) is 84.0 Å². The molecule has 0 N–H and O–H groups in total. The molecule has 0 amide bonds. The predicted molar refractivity (Wildman–Crippen MR) is 101 cm³/mol. The number of rotatable bonds is 5. The van der Waals surface area contributed by atoms with E-state index in [1.54, 1.807) is 5.56 Å². The number of hydrogen-bond donors (Lipinski definition) is 0. The third-order valence-electron chi connectivity index (χ3n) is 6.65. The van der Waals surface area contributed by atoms with Crippen LogP contribution in [0.2, 0.25) is 0 Å². The summed E-state index contributed by atoms with van der Waals surface area (Å²) in [6.45, 7) is 4.65. The van der Waals surface area contributed by atoms with E-state index >= 15 is 0 Å². The van der Waals surface area contributed by atoms with Crippen LogP contribution in [0.15, 0.2) is 24.3 Å². The molecular formula is C23H35Rf-. The molecule has 1 unspecified atom stereocenters. The van der Waals surface area contributed by atoms with Gasteiger partial charge in [-0.15, -0.1) is 0 Å². The second-order valence-electron chi connectivity index (χ2n) is 8.27. The van der Waals surface area contributed by atoms with Crippen LogP contribution in [0.5, 0.6) is 0 Å². The average molecular weight is 579 g/mol. The standard InChI is InChI=1S/C23H35.Rf/c1-3-18(2)17-19-9-11-21(12-10-19)23-15-13-22(14-16-23)20-7-5-4-6-8-20;/h4,9-12,18,20,22-23H,3,5-8,13-17H2,1-2H3;/q-1;. The molecule has 0 aliphatic heterocycles. The van der Waals surface area contributed by atoms with Crippen LogP contribution in [0, 0.1) is 24.2 Å². The molecular weight excluding hydrogens is 543 g/mol. The Hall–Kier alpha value is -1.78. The zero-order valence-electron chi connectivity index (χ0n) is 16.0. The molecule has 2 aliphatic rings. The molecule has 1 aromatic carbocycles. The summed E-state index contributed by atoms with van der Waals surface area (Å²) in [6.07, 6.45) is 16.5. The molecule has 2 saturated carbocycles. The fraction of sp³-hybridized carbons (Fsp3) is 0.696. The maximum atomic E-state index is 2.50. The summed E-state index contributed by atoms with van der Waals surface area (Å²) in [5.41, 5.74) is 3.13. The van der Waals surface area contributed by atoms with Crippen LogP contribution in [-0.4, -0.2) is 0 Å². The van der Waals surface area contributed by atoms with Crippen LogP contribution in [0.1, 0.15) is 88.7 Å². The van der Waals surface area contributed by atoms with E-state index in [9.17, 15) is 0 Å². The Labute approximate surface area is 144 Å². The summed E-state index contributed by atoms with van der Waals surface area (Å²) in [5, 5.41) is 0. The van der Waals surface area contributed by atoms with Crippen molar-refractivity contribution < 1.29 is 0 Å². The van der Waals surface area contributed by atoms with Gasteiger partial charge < -0.3 is 6.42 Å². The van der Waals surface area contributed by atoms with Gasteiger partial charge in [0, 0.05) is 0 Å². The Morgan fingerprint density at radius 2 is 1.50 bits per heavy atom. The van der Waals surface area contributed by atoms with Gasteiger partial charge in [-0.25, -0.2) is 0 Å². The van der Waals surface area contributed by atoms with E-state index in [0.717, 1.165) is 23.7 Å². The Morgan fingerprint density at radius 3 is 2.08 bits per heavy atom. The molecule has 2 aliphatic carbocycles. The number of hydrogen-bond acceptors (Lipinski definition) is 0. The molecule has 1 heteroatoms. The summed E-state index contributed by atoms with van der Waals surface area (Å²) in [6, 6.07) is 9.64. The fourth-order valence-electron chi connectivity index (χ4n) is 4.82. The maximum Gasteiger partial charge on any atom is 0 e. The van der Waals surface area contributed by atoms with Gasteiger partial charge in [-0.3, -0.25) is 0 Å². The summed E-state index contributed by atoms with van der Waals surface area (Å²) >= 11 is 0. The maximum absolute atomic E-state index is 2.50. The van der Waals surface area contributed by atoms with Crippen LogP contribution in [0.4, 0.5) is 0 Å². The molecule has 0 nitrogen and oxygen atoms in total. The average Bonchev–Trinajstić information content (AvgIpc) is 2.63. The molecule has 0 spiro atoms. The Bertz CT molecular complexity index is 449. The van der Waals surface area contributed by atoms with E-state index in [1.807, 2.05) is 0 Å². The van der Waals surface area contributed by atoms with Crippen molar-refractivity contribution in [3.63, 3.8) is 0 Å². The Kier molecular flexibility index (Phi) is 6.88. The minimum atomic E-state index is 0. The molecule has 3 rings (SSSR count). The van der Waals surface area contributed by atoms with Crippen LogP contribution in [0.25, 0.3) is 0 Å². The van der Waals surface area contributed by atoms with Crippen LogP contribution in [0.3, 0.4) is 0 Å². The van der Waals surface area contributed by atoms with Gasteiger partial charge in [0.25, 0.3) is 0 Å². The molecule has 0 heterocycles. The molecule has 0 radical (unpaired) electrons. The predicted octanol–water partition coefficient (Wildman–Crippen LogP) is 6.94. The van der Waals surface area contributed by atoms with E-state index in [0.29, 0.717) is 0 Å². The van der Waals surface area contributed by atoms with Crippen molar-refractivity contribution in [1.82, 2.24) is 0 Å². The van der Waals surface area contributed by atoms with Crippen molar-refractivity contribution in [1.29, 1.82) is 0 Å². The minimum absolute atomic E-state index is 0. The SMILES string of the molecule is CCC(C)Cc1ccc(C2CCC(C3CC[CH-]CC3)CC2)cc1.[Rf]. The smallest absolute Gasteiger partial charge is 0 e. The fourth-order valence-corrected chi connectivity index (χ4v) is 4.82. The third-order valence-corrected chi connectivity index (χ3v) is 6.65. The topological polar surface area (TPSA) is 0 Å². The van der Waals surface area contributed by atoms with E-state index in [1.165, 1.54) is 69.8 Å². The van der Waals surface area contributed by atoms with E-state index in [-0.39, 0.29) is 0 Å². The summed E-state index contributed by atoms with van der Waals surface area (Å²) < 4.78 is 0. The van der Waals surface area contributed by atoms with Crippen molar-refractivity contribution in [2.75, 3.05) is 0 Å². The van der Waals surface area contributed by atoms with Gasteiger partial charge in [0.2, 0.25) is 0 Å². The monoisotopic (exact) mass is 578 g/mol. The first kappa shape index (κ1) is 18.6. The van der Waals surface area contributed by atoms with Gasteiger partial charge in [0.05, 0.1) is 0 Å². The summed E-state index contributed by atoms with van der Waals surface area (Å²) in [5.74, 6) is 3.71. The van der Waals surface area contributed by atoms with Gasteiger partial charge in [0.1, 0.15) is 0 Å². The zero-order chi connectivity index (χ0) is 16.1. The third kappa shape index (κ3) is 4.62. The van der Waals surface area contributed by atoms with Crippen LogP contribution < -0.4 is 0 Å². The normalized spacial score (nSPS) is 26.6. The molecule has 24 heavy (non-hydrogen) atoms. The molecule has 1 atom stereocenters. The molecule has 0 saturated heterocycles. The first-order chi connectivity index (χ1) is 11.3. The first-order valence-electron chi connectivity index (χ1n) is 10.2. The zero-order valence-corrected chi connectivity index (χ0v) is 22.4. The van der Waals surface area contributed by atoms with E-state index in [4.69, 9.17) is 0 Å². The second-order valence-corrected chi connectivity index (χ2v) is 8.27. The van der Waals surface area contributed by atoms with Gasteiger partial charge in [0.15, 0.2) is 0 Å². The van der Waals surface area contributed by atoms with Crippen molar-refractivity contribution in [2.24, 2.45) is 17.8 Å². The summed E-state index contributed by atoms with van der Waals surface area (Å²) in [4.78, 5) is 0. The molecule has 2 fully saturated rings. The molecule has 0 aromatic heterocycles. The molecule has 1 aromatic rings.